The molecular formula is C18H22F3NO. The molecule has 2 aliphatic rings. The summed E-state index contributed by atoms with van der Waals surface area (Å²) in [6, 6.07) is 5.61. The Labute approximate surface area is 134 Å². The van der Waals surface area contributed by atoms with Crippen molar-refractivity contribution in [3.05, 3.63) is 35.4 Å². The van der Waals surface area contributed by atoms with Gasteiger partial charge in [0.05, 0.1) is 5.56 Å². The molecule has 0 spiro atoms. The van der Waals surface area contributed by atoms with Gasteiger partial charge < -0.3 is 4.90 Å². The molecule has 5 heteroatoms. The second kappa shape index (κ2) is 6.17. The lowest BCUT2D eigenvalue weighted by Gasteiger charge is -2.35. The third-order valence-electron chi connectivity index (χ3n) is 5.16. The highest BCUT2D eigenvalue weighted by Gasteiger charge is 2.47. The van der Waals surface area contributed by atoms with Crippen molar-refractivity contribution in [1.82, 2.24) is 4.90 Å². The van der Waals surface area contributed by atoms with Crippen LogP contribution in [0.4, 0.5) is 13.2 Å². The van der Waals surface area contributed by atoms with Gasteiger partial charge in [0.1, 0.15) is 0 Å². The largest absolute Gasteiger partial charge is 0.416 e. The first kappa shape index (κ1) is 16.3. The van der Waals surface area contributed by atoms with E-state index in [1.165, 1.54) is 18.6 Å². The van der Waals surface area contributed by atoms with Crippen LogP contribution in [0, 0.1) is 5.92 Å². The Kier molecular flexibility index (Phi) is 4.39. The maximum atomic E-state index is 12.7. The van der Waals surface area contributed by atoms with Crippen molar-refractivity contribution in [1.29, 1.82) is 0 Å². The summed E-state index contributed by atoms with van der Waals surface area (Å²) in [5, 5.41) is 0. The Balaban J connectivity index is 1.65. The second-order valence-electron chi connectivity index (χ2n) is 6.66. The Hall–Kier alpha value is -1.52. The van der Waals surface area contributed by atoms with Crippen LogP contribution in [0.15, 0.2) is 24.3 Å². The van der Waals surface area contributed by atoms with E-state index in [0.717, 1.165) is 49.9 Å². The van der Waals surface area contributed by atoms with Gasteiger partial charge in [-0.15, -0.1) is 0 Å². The molecule has 23 heavy (non-hydrogen) atoms. The predicted octanol–water partition coefficient (Wildman–Crippen LogP) is 4.60. The van der Waals surface area contributed by atoms with Gasteiger partial charge in [0.15, 0.2) is 0 Å². The van der Waals surface area contributed by atoms with E-state index in [2.05, 4.69) is 6.92 Å². The molecule has 1 aromatic rings. The van der Waals surface area contributed by atoms with Crippen molar-refractivity contribution >= 4 is 5.91 Å². The molecule has 1 aromatic carbocycles. The molecule has 1 aliphatic heterocycles. The second-order valence-corrected chi connectivity index (χ2v) is 6.66. The van der Waals surface area contributed by atoms with Crippen LogP contribution in [0.25, 0.3) is 0 Å². The molecule has 126 valence electrons. The fourth-order valence-electron chi connectivity index (χ4n) is 3.68. The van der Waals surface area contributed by atoms with E-state index in [0.29, 0.717) is 6.04 Å². The summed E-state index contributed by atoms with van der Waals surface area (Å²) in [6.07, 6.45) is 0.731. The summed E-state index contributed by atoms with van der Waals surface area (Å²) in [7, 11) is 0. The van der Waals surface area contributed by atoms with Crippen molar-refractivity contribution in [3.63, 3.8) is 0 Å². The third-order valence-corrected chi connectivity index (χ3v) is 5.16. The predicted molar refractivity (Wildman–Crippen MR) is 81.9 cm³/mol. The molecule has 3 atom stereocenters. The van der Waals surface area contributed by atoms with E-state index in [9.17, 15) is 18.0 Å². The highest BCUT2D eigenvalue weighted by molar-refractivity contribution is 5.83. The molecule has 1 saturated heterocycles. The lowest BCUT2D eigenvalue weighted by atomic mass is 9.99. The van der Waals surface area contributed by atoms with E-state index in [-0.39, 0.29) is 17.7 Å². The average Bonchev–Trinajstić information content (AvgIpc) is 3.34. The molecule has 2 fully saturated rings. The molecule has 0 N–H and O–H groups in total. The smallest absolute Gasteiger partial charge is 0.339 e. The van der Waals surface area contributed by atoms with Crippen molar-refractivity contribution in [2.75, 3.05) is 6.54 Å². The fraction of sp³-hybridized carbons (Fsp3) is 0.611. The van der Waals surface area contributed by atoms with Crippen molar-refractivity contribution in [2.45, 2.75) is 57.2 Å². The van der Waals surface area contributed by atoms with Crippen LogP contribution in [0.1, 0.15) is 56.1 Å². The summed E-state index contributed by atoms with van der Waals surface area (Å²) in [4.78, 5) is 14.7. The van der Waals surface area contributed by atoms with Gasteiger partial charge in [-0.05, 0) is 55.7 Å². The quantitative estimate of drug-likeness (QED) is 0.795. The highest BCUT2D eigenvalue weighted by atomic mass is 19.4. The molecular weight excluding hydrogens is 303 g/mol. The number of carbonyl (C=O) groups excluding carboxylic acids is 1. The number of piperidine rings is 1. The maximum absolute atomic E-state index is 12.7. The Morgan fingerprint density at radius 1 is 1.22 bits per heavy atom. The number of alkyl halides is 3. The van der Waals surface area contributed by atoms with Gasteiger partial charge in [-0.3, -0.25) is 4.79 Å². The lowest BCUT2D eigenvalue weighted by Crippen LogP contribution is -2.44. The summed E-state index contributed by atoms with van der Waals surface area (Å²) in [5.41, 5.74) is 0.216. The van der Waals surface area contributed by atoms with Gasteiger partial charge in [-0.1, -0.05) is 19.1 Å². The summed E-state index contributed by atoms with van der Waals surface area (Å²) >= 11 is 0. The normalized spacial score (nSPS) is 27.8. The average molecular weight is 325 g/mol. The van der Waals surface area contributed by atoms with Crippen LogP contribution < -0.4 is 0 Å². The topological polar surface area (TPSA) is 20.3 Å². The number of likely N-dealkylation sites (tertiary alicyclic amines) is 1. The van der Waals surface area contributed by atoms with Crippen LogP contribution in [-0.2, 0) is 11.0 Å². The Morgan fingerprint density at radius 3 is 2.52 bits per heavy atom. The highest BCUT2D eigenvalue weighted by Crippen LogP contribution is 2.49. The van der Waals surface area contributed by atoms with E-state index < -0.39 is 11.7 Å². The van der Waals surface area contributed by atoms with E-state index in [1.54, 1.807) is 0 Å². The first-order chi connectivity index (χ1) is 10.9. The SMILES string of the molecule is CCC1CCCCN1C(=O)C1CC1c1ccc(C(F)(F)F)cc1. The van der Waals surface area contributed by atoms with Gasteiger partial charge in [0.25, 0.3) is 0 Å². The molecule has 0 bridgehead atoms. The number of hydrogen-bond acceptors (Lipinski definition) is 1. The molecule has 1 heterocycles. The van der Waals surface area contributed by atoms with Crippen LogP contribution in [-0.4, -0.2) is 23.4 Å². The minimum Gasteiger partial charge on any atom is -0.339 e. The minimum atomic E-state index is -4.31. The minimum absolute atomic E-state index is 0.0427. The van der Waals surface area contributed by atoms with Crippen LogP contribution in [0.5, 0.6) is 0 Å². The van der Waals surface area contributed by atoms with Crippen LogP contribution in [0.3, 0.4) is 0 Å². The zero-order chi connectivity index (χ0) is 16.6. The lowest BCUT2D eigenvalue weighted by molar-refractivity contribution is -0.138. The number of hydrogen-bond donors (Lipinski definition) is 0. The summed E-state index contributed by atoms with van der Waals surface area (Å²) in [5.74, 6) is 0.240. The zero-order valence-electron chi connectivity index (χ0n) is 13.3. The molecule has 3 rings (SSSR count). The Morgan fingerprint density at radius 2 is 1.91 bits per heavy atom. The van der Waals surface area contributed by atoms with Gasteiger partial charge in [-0.25, -0.2) is 0 Å². The maximum Gasteiger partial charge on any atom is 0.416 e. The van der Waals surface area contributed by atoms with Gasteiger partial charge in [-0.2, -0.15) is 13.2 Å². The number of carbonyl (C=O) groups is 1. The van der Waals surface area contributed by atoms with Crippen molar-refractivity contribution in [3.8, 4) is 0 Å². The number of benzene rings is 1. The van der Waals surface area contributed by atoms with Gasteiger partial charge in [0.2, 0.25) is 5.91 Å². The molecule has 1 amide bonds. The molecule has 1 saturated carbocycles. The summed E-state index contributed by atoms with van der Waals surface area (Å²) in [6.45, 7) is 2.93. The van der Waals surface area contributed by atoms with Crippen molar-refractivity contribution in [2.24, 2.45) is 5.92 Å². The monoisotopic (exact) mass is 325 g/mol. The van der Waals surface area contributed by atoms with Gasteiger partial charge in [0, 0.05) is 18.5 Å². The summed E-state index contributed by atoms with van der Waals surface area (Å²) < 4.78 is 37.8. The van der Waals surface area contributed by atoms with Gasteiger partial charge >= 0.3 is 6.18 Å². The molecule has 0 aromatic heterocycles. The number of nitrogens with zero attached hydrogens (tertiary/aromatic N) is 1. The van der Waals surface area contributed by atoms with Crippen LogP contribution >= 0.6 is 0 Å². The molecule has 0 radical (unpaired) electrons. The molecule has 2 nitrogen and oxygen atoms in total. The standard InChI is InChI=1S/C18H22F3NO/c1-2-14-5-3-4-10-22(14)17(23)16-11-15(16)12-6-8-13(9-7-12)18(19,20)21/h6-9,14-16H,2-5,10-11H2,1H3. The fourth-order valence-corrected chi connectivity index (χ4v) is 3.68. The van der Waals surface area contributed by atoms with E-state index in [1.807, 2.05) is 4.90 Å². The number of rotatable bonds is 3. The van der Waals surface area contributed by atoms with Crippen molar-refractivity contribution < 1.29 is 18.0 Å². The zero-order valence-corrected chi connectivity index (χ0v) is 13.3. The van der Waals surface area contributed by atoms with E-state index >= 15 is 0 Å². The third kappa shape index (κ3) is 3.38. The van der Waals surface area contributed by atoms with Crippen LogP contribution in [0.2, 0.25) is 0 Å². The first-order valence-electron chi connectivity index (χ1n) is 8.39. The molecule has 1 aliphatic carbocycles. The number of halogens is 3. The first-order valence-corrected chi connectivity index (χ1v) is 8.39. The van der Waals surface area contributed by atoms with E-state index in [4.69, 9.17) is 0 Å². The number of amides is 1. The molecule has 3 unspecified atom stereocenters. The Bertz CT molecular complexity index is 567.